The van der Waals surface area contributed by atoms with Gasteiger partial charge < -0.3 is 14.2 Å². The van der Waals surface area contributed by atoms with Gasteiger partial charge in [0.25, 0.3) is 11.6 Å². The summed E-state index contributed by atoms with van der Waals surface area (Å²) in [5, 5.41) is 10.9. The molecule has 0 atom stereocenters. The molecule has 0 unspecified atom stereocenters. The van der Waals surface area contributed by atoms with Gasteiger partial charge in [0.05, 0.1) is 31.1 Å². The van der Waals surface area contributed by atoms with E-state index in [1.807, 2.05) is 0 Å². The standard InChI is InChI=1S/C11H11F3N2O6/c1-3-21-9(17)4-6-7(16(18)19)5-8(10(15-6)20-2)22-11(12,13)14/h5H,3-4H2,1-2H3. The van der Waals surface area contributed by atoms with Gasteiger partial charge in [0.15, 0.2) is 5.75 Å². The summed E-state index contributed by atoms with van der Waals surface area (Å²) in [5.74, 6) is -2.43. The first kappa shape index (κ1) is 17.5. The zero-order valence-electron chi connectivity index (χ0n) is 11.5. The first-order valence-corrected chi connectivity index (χ1v) is 5.81. The van der Waals surface area contributed by atoms with Crippen LogP contribution in [0.2, 0.25) is 0 Å². The Hall–Kier alpha value is -2.59. The maximum absolute atomic E-state index is 12.3. The fourth-order valence-corrected chi connectivity index (χ4v) is 1.49. The summed E-state index contributed by atoms with van der Waals surface area (Å²) in [5.41, 5.74) is -1.21. The molecule has 1 aromatic heterocycles. The quantitative estimate of drug-likeness (QED) is 0.448. The number of hydrogen-bond acceptors (Lipinski definition) is 7. The molecule has 122 valence electrons. The van der Waals surface area contributed by atoms with E-state index in [0.717, 1.165) is 7.11 Å². The second-order valence-electron chi connectivity index (χ2n) is 3.75. The number of alkyl halides is 3. The van der Waals surface area contributed by atoms with Crippen LogP contribution < -0.4 is 9.47 Å². The van der Waals surface area contributed by atoms with Gasteiger partial charge in [0.1, 0.15) is 5.69 Å². The molecule has 1 heterocycles. The van der Waals surface area contributed by atoms with Gasteiger partial charge in [-0.05, 0) is 6.92 Å². The lowest BCUT2D eigenvalue weighted by atomic mass is 10.2. The second kappa shape index (κ2) is 6.91. The first-order valence-electron chi connectivity index (χ1n) is 5.81. The first-order chi connectivity index (χ1) is 10.2. The van der Waals surface area contributed by atoms with E-state index in [9.17, 15) is 28.1 Å². The average molecular weight is 324 g/mol. The lowest BCUT2D eigenvalue weighted by Crippen LogP contribution is -2.19. The number of methoxy groups -OCH3 is 1. The van der Waals surface area contributed by atoms with Crippen LogP contribution in [0, 0.1) is 10.1 Å². The van der Waals surface area contributed by atoms with Crippen molar-refractivity contribution in [2.45, 2.75) is 19.7 Å². The van der Waals surface area contributed by atoms with Crippen molar-refractivity contribution < 1.29 is 37.1 Å². The fraction of sp³-hybridized carbons (Fsp3) is 0.455. The van der Waals surface area contributed by atoms with Crippen LogP contribution in [-0.4, -0.2) is 36.0 Å². The molecule has 8 nitrogen and oxygen atoms in total. The monoisotopic (exact) mass is 324 g/mol. The largest absolute Gasteiger partial charge is 0.573 e. The molecular weight excluding hydrogens is 313 g/mol. The van der Waals surface area contributed by atoms with E-state index in [0.29, 0.717) is 6.07 Å². The van der Waals surface area contributed by atoms with Crippen molar-refractivity contribution in [3.05, 3.63) is 21.9 Å². The summed E-state index contributed by atoms with van der Waals surface area (Å²) < 4.78 is 49.6. The Balaban J connectivity index is 3.27. The Labute approximate surface area is 121 Å². The molecule has 0 fully saturated rings. The molecule has 1 aromatic rings. The molecule has 0 saturated heterocycles. The molecule has 0 aliphatic heterocycles. The molecule has 0 radical (unpaired) electrons. The molecule has 1 rings (SSSR count). The minimum absolute atomic E-state index is 0.0407. The molecule has 0 N–H and O–H groups in total. The highest BCUT2D eigenvalue weighted by Crippen LogP contribution is 2.35. The van der Waals surface area contributed by atoms with E-state index in [2.05, 4.69) is 19.2 Å². The zero-order chi connectivity index (χ0) is 16.9. The second-order valence-corrected chi connectivity index (χ2v) is 3.75. The third-order valence-corrected chi connectivity index (χ3v) is 2.24. The van der Waals surface area contributed by atoms with Gasteiger partial charge in [0, 0.05) is 0 Å². The summed E-state index contributed by atoms with van der Waals surface area (Å²) in [6.07, 6.45) is -5.67. The zero-order valence-corrected chi connectivity index (χ0v) is 11.5. The molecular formula is C11H11F3N2O6. The van der Waals surface area contributed by atoms with Gasteiger partial charge in [-0.25, -0.2) is 4.98 Å². The highest BCUT2D eigenvalue weighted by molar-refractivity contribution is 5.73. The van der Waals surface area contributed by atoms with Crippen LogP contribution in [0.1, 0.15) is 12.6 Å². The molecule has 0 amide bonds. The van der Waals surface area contributed by atoms with E-state index in [1.165, 1.54) is 6.92 Å². The van der Waals surface area contributed by atoms with Gasteiger partial charge in [-0.2, -0.15) is 0 Å². The Morgan fingerprint density at radius 3 is 2.55 bits per heavy atom. The number of nitro groups is 1. The highest BCUT2D eigenvalue weighted by atomic mass is 19.4. The van der Waals surface area contributed by atoms with Crippen molar-refractivity contribution in [2.75, 3.05) is 13.7 Å². The van der Waals surface area contributed by atoms with Crippen LogP contribution >= 0.6 is 0 Å². The lowest BCUT2D eigenvalue weighted by Gasteiger charge is -2.12. The van der Waals surface area contributed by atoms with Crippen molar-refractivity contribution in [3.8, 4) is 11.6 Å². The molecule has 0 aromatic carbocycles. The topological polar surface area (TPSA) is 101 Å². The normalized spacial score (nSPS) is 11.0. The molecule has 0 bridgehead atoms. The summed E-state index contributed by atoms with van der Waals surface area (Å²) in [4.78, 5) is 24.8. The molecule has 11 heteroatoms. The van der Waals surface area contributed by atoms with Gasteiger partial charge in [0.2, 0.25) is 0 Å². The van der Waals surface area contributed by atoms with Crippen LogP contribution in [0.5, 0.6) is 11.6 Å². The van der Waals surface area contributed by atoms with Crippen molar-refractivity contribution in [1.82, 2.24) is 4.98 Å². The third kappa shape index (κ3) is 4.75. The number of aromatic nitrogens is 1. The maximum atomic E-state index is 12.3. The van der Waals surface area contributed by atoms with Crippen molar-refractivity contribution in [3.63, 3.8) is 0 Å². The van der Waals surface area contributed by atoms with Crippen molar-refractivity contribution in [1.29, 1.82) is 0 Å². The van der Waals surface area contributed by atoms with E-state index in [4.69, 9.17) is 0 Å². The molecule has 0 spiro atoms. The minimum Gasteiger partial charge on any atom is -0.478 e. The van der Waals surface area contributed by atoms with E-state index in [1.54, 1.807) is 0 Å². The summed E-state index contributed by atoms with van der Waals surface area (Å²) in [7, 11) is 1.01. The Kier molecular flexibility index (Phi) is 5.49. The molecule has 22 heavy (non-hydrogen) atoms. The van der Waals surface area contributed by atoms with Crippen LogP contribution in [0.15, 0.2) is 6.07 Å². The van der Waals surface area contributed by atoms with Crippen LogP contribution in [-0.2, 0) is 16.0 Å². The summed E-state index contributed by atoms with van der Waals surface area (Å²) >= 11 is 0. The summed E-state index contributed by atoms with van der Waals surface area (Å²) in [6, 6.07) is 0.494. The number of carbonyl (C=O) groups is 1. The number of esters is 1. The number of nitrogens with zero attached hydrogens (tertiary/aromatic N) is 2. The summed E-state index contributed by atoms with van der Waals surface area (Å²) in [6.45, 7) is 1.57. The Morgan fingerprint density at radius 1 is 1.45 bits per heavy atom. The van der Waals surface area contributed by atoms with Gasteiger partial charge in [-0.3, -0.25) is 14.9 Å². The smallest absolute Gasteiger partial charge is 0.478 e. The number of rotatable bonds is 6. The Bertz CT molecular complexity index is 576. The lowest BCUT2D eigenvalue weighted by molar-refractivity contribution is -0.386. The number of pyridine rings is 1. The third-order valence-electron chi connectivity index (χ3n) is 2.24. The number of hydrogen-bond donors (Lipinski definition) is 0. The SMILES string of the molecule is CCOC(=O)Cc1nc(OC)c(OC(F)(F)F)cc1[N+](=O)[O-]. The molecule has 0 aliphatic carbocycles. The van der Waals surface area contributed by atoms with Gasteiger partial charge >= 0.3 is 12.3 Å². The van der Waals surface area contributed by atoms with Crippen LogP contribution in [0.4, 0.5) is 18.9 Å². The number of ether oxygens (including phenoxy) is 3. The van der Waals surface area contributed by atoms with Gasteiger partial charge in [-0.1, -0.05) is 0 Å². The Morgan fingerprint density at radius 2 is 2.09 bits per heavy atom. The molecule has 0 saturated carbocycles. The predicted molar refractivity (Wildman–Crippen MR) is 64.5 cm³/mol. The number of halogens is 3. The molecule has 0 aliphatic rings. The maximum Gasteiger partial charge on any atom is 0.573 e. The van der Waals surface area contributed by atoms with E-state index in [-0.39, 0.29) is 6.61 Å². The van der Waals surface area contributed by atoms with E-state index < -0.39 is 46.7 Å². The van der Waals surface area contributed by atoms with Crippen LogP contribution in [0.3, 0.4) is 0 Å². The van der Waals surface area contributed by atoms with Crippen molar-refractivity contribution in [2.24, 2.45) is 0 Å². The minimum atomic E-state index is -5.08. The highest BCUT2D eigenvalue weighted by Gasteiger charge is 2.35. The van der Waals surface area contributed by atoms with Crippen molar-refractivity contribution >= 4 is 11.7 Å². The predicted octanol–water partition coefficient (Wildman–Crippen LogP) is 2.00. The van der Waals surface area contributed by atoms with Gasteiger partial charge in [-0.15, -0.1) is 13.2 Å². The fourth-order valence-electron chi connectivity index (χ4n) is 1.49. The van der Waals surface area contributed by atoms with Crippen LogP contribution in [0.25, 0.3) is 0 Å². The number of carbonyl (C=O) groups excluding carboxylic acids is 1. The average Bonchev–Trinajstić information content (AvgIpc) is 2.38. The van der Waals surface area contributed by atoms with E-state index >= 15 is 0 Å².